The number of rotatable bonds is 2. The molecular weight excluding hydrogens is 284 g/mol. The van der Waals surface area contributed by atoms with Gasteiger partial charge in [0.05, 0.1) is 17.4 Å². The van der Waals surface area contributed by atoms with Crippen LogP contribution in [0.5, 0.6) is 0 Å². The van der Waals surface area contributed by atoms with Crippen molar-refractivity contribution in [2.45, 2.75) is 31.3 Å². The second-order valence-corrected chi connectivity index (χ2v) is 6.87. The first-order valence-corrected chi connectivity index (χ1v) is 8.22. The molecule has 0 amide bonds. The highest BCUT2D eigenvalue weighted by molar-refractivity contribution is 7.99. The molecule has 2 saturated heterocycles. The quantitative estimate of drug-likeness (QED) is 0.779. The maximum absolute atomic E-state index is 12.5. The Morgan fingerprint density at radius 3 is 2.89 bits per heavy atom. The maximum atomic E-state index is 12.5. The molecule has 104 valence electrons. The zero-order chi connectivity index (χ0) is 13.3. The highest BCUT2D eigenvalue weighted by atomic mass is 35.5. The van der Waals surface area contributed by atoms with Crippen LogP contribution in [0.4, 0.5) is 0 Å². The van der Waals surface area contributed by atoms with E-state index in [1.807, 2.05) is 11.8 Å². The number of carbonyl (C=O) groups excluding carboxylic acids is 1. The molecule has 0 aliphatic carbocycles. The minimum absolute atomic E-state index is 0.0203. The van der Waals surface area contributed by atoms with Crippen molar-refractivity contribution >= 4 is 29.1 Å². The van der Waals surface area contributed by atoms with Gasteiger partial charge in [0.15, 0.2) is 5.78 Å². The van der Waals surface area contributed by atoms with E-state index in [1.165, 1.54) is 6.26 Å². The summed E-state index contributed by atoms with van der Waals surface area (Å²) in [6.45, 7) is 0.677. The van der Waals surface area contributed by atoms with Crippen molar-refractivity contribution in [1.82, 2.24) is 0 Å². The number of hydrogen-bond acceptors (Lipinski definition) is 4. The first-order valence-electron chi connectivity index (χ1n) is 6.69. The third-order valence-corrected chi connectivity index (χ3v) is 5.43. The average molecular weight is 301 g/mol. The Labute approximate surface area is 122 Å². The third kappa shape index (κ3) is 2.71. The van der Waals surface area contributed by atoms with Crippen LogP contribution in [0, 0.1) is 5.92 Å². The van der Waals surface area contributed by atoms with Gasteiger partial charge in [-0.3, -0.25) is 4.79 Å². The van der Waals surface area contributed by atoms with Crippen LogP contribution >= 0.6 is 23.4 Å². The van der Waals surface area contributed by atoms with Gasteiger partial charge in [0.25, 0.3) is 0 Å². The minimum atomic E-state index is -0.0694. The number of hydrogen-bond donors (Lipinski definition) is 0. The average Bonchev–Trinajstić information content (AvgIpc) is 2.85. The van der Waals surface area contributed by atoms with Crippen LogP contribution in [0.3, 0.4) is 0 Å². The fourth-order valence-corrected chi connectivity index (χ4v) is 4.48. The van der Waals surface area contributed by atoms with E-state index in [0.717, 1.165) is 37.2 Å². The maximum Gasteiger partial charge on any atom is 0.203 e. The number of halogens is 1. The lowest BCUT2D eigenvalue weighted by Crippen LogP contribution is -2.44. The van der Waals surface area contributed by atoms with Gasteiger partial charge in [0.1, 0.15) is 0 Å². The molecule has 0 aromatic carbocycles. The highest BCUT2D eigenvalue weighted by Gasteiger charge is 2.41. The lowest BCUT2D eigenvalue weighted by atomic mass is 9.79. The van der Waals surface area contributed by atoms with E-state index in [0.29, 0.717) is 12.2 Å². The predicted molar refractivity (Wildman–Crippen MR) is 76.0 cm³/mol. The fraction of sp³-hybridized carbons (Fsp3) is 0.643. The van der Waals surface area contributed by atoms with Gasteiger partial charge in [0.2, 0.25) is 5.22 Å². The van der Waals surface area contributed by atoms with Crippen molar-refractivity contribution in [1.29, 1.82) is 0 Å². The first kappa shape index (κ1) is 13.5. The summed E-state index contributed by atoms with van der Waals surface area (Å²) in [5.74, 6) is 2.40. The summed E-state index contributed by atoms with van der Waals surface area (Å²) in [6, 6.07) is 1.67. The zero-order valence-electron chi connectivity index (χ0n) is 10.7. The molecule has 0 N–H and O–H groups in total. The van der Waals surface area contributed by atoms with Crippen molar-refractivity contribution in [3.8, 4) is 0 Å². The molecule has 3 rings (SSSR count). The summed E-state index contributed by atoms with van der Waals surface area (Å²) >= 11 is 7.88. The molecule has 2 aliphatic rings. The van der Waals surface area contributed by atoms with Crippen molar-refractivity contribution in [3.63, 3.8) is 0 Å². The molecule has 3 nitrogen and oxygen atoms in total. The third-order valence-electron chi connectivity index (χ3n) is 4.15. The van der Waals surface area contributed by atoms with E-state index in [-0.39, 0.29) is 22.5 Å². The van der Waals surface area contributed by atoms with E-state index in [1.54, 1.807) is 6.07 Å². The predicted octanol–water partition coefficient (Wildman–Crippen LogP) is 3.81. The number of furan rings is 1. The van der Waals surface area contributed by atoms with Crippen molar-refractivity contribution in [2.24, 2.45) is 5.92 Å². The Morgan fingerprint density at radius 2 is 2.21 bits per heavy atom. The van der Waals surface area contributed by atoms with E-state index >= 15 is 0 Å². The van der Waals surface area contributed by atoms with Crippen LogP contribution < -0.4 is 0 Å². The summed E-state index contributed by atoms with van der Waals surface area (Å²) in [5.41, 5.74) is 0.453. The van der Waals surface area contributed by atoms with Crippen molar-refractivity contribution in [2.75, 3.05) is 18.1 Å². The van der Waals surface area contributed by atoms with E-state index in [9.17, 15) is 4.79 Å². The Kier molecular flexibility index (Phi) is 3.92. The second-order valence-electron chi connectivity index (χ2n) is 5.31. The van der Waals surface area contributed by atoms with Gasteiger partial charge in [-0.15, -0.1) is 0 Å². The van der Waals surface area contributed by atoms with Crippen molar-refractivity contribution < 1.29 is 13.9 Å². The molecule has 3 heterocycles. The number of ketones is 1. The topological polar surface area (TPSA) is 39.4 Å². The molecular formula is C14H17ClO3S. The number of thioether (sulfide) groups is 1. The molecule has 0 saturated carbocycles. The zero-order valence-corrected chi connectivity index (χ0v) is 12.3. The monoisotopic (exact) mass is 300 g/mol. The van der Waals surface area contributed by atoms with Gasteiger partial charge < -0.3 is 9.15 Å². The number of carbonyl (C=O) groups is 1. The minimum Gasteiger partial charge on any atom is -0.452 e. The Bertz CT molecular complexity index is 460. The van der Waals surface area contributed by atoms with E-state index < -0.39 is 0 Å². The summed E-state index contributed by atoms with van der Waals surface area (Å²) in [5, 5.41) is 0.213. The fourth-order valence-electron chi connectivity index (χ4n) is 3.03. The van der Waals surface area contributed by atoms with Crippen LogP contribution in [0.25, 0.3) is 0 Å². The van der Waals surface area contributed by atoms with Crippen LogP contribution in [-0.2, 0) is 4.74 Å². The van der Waals surface area contributed by atoms with Crippen LogP contribution in [0.15, 0.2) is 16.7 Å². The van der Waals surface area contributed by atoms with Crippen LogP contribution in [-0.4, -0.2) is 29.5 Å². The van der Waals surface area contributed by atoms with Gasteiger partial charge >= 0.3 is 0 Å². The number of Topliss-reactive ketones (excluding diaryl/α,β-unsaturated/α-hetero) is 1. The molecule has 0 radical (unpaired) electrons. The van der Waals surface area contributed by atoms with Crippen LogP contribution in [0.2, 0.25) is 5.22 Å². The first-order chi connectivity index (χ1) is 9.20. The highest BCUT2D eigenvalue weighted by Crippen LogP contribution is 2.41. The smallest absolute Gasteiger partial charge is 0.203 e. The van der Waals surface area contributed by atoms with Gasteiger partial charge in [-0.1, -0.05) is 0 Å². The van der Waals surface area contributed by atoms with E-state index in [2.05, 4.69) is 0 Å². The molecule has 19 heavy (non-hydrogen) atoms. The van der Waals surface area contributed by atoms with Gasteiger partial charge in [-0.2, -0.15) is 11.8 Å². The lowest BCUT2D eigenvalue weighted by molar-refractivity contribution is -0.0959. The largest absolute Gasteiger partial charge is 0.452 e. The molecule has 1 aromatic rings. The summed E-state index contributed by atoms with van der Waals surface area (Å²) in [4.78, 5) is 12.5. The molecule has 2 fully saturated rings. The molecule has 5 heteroatoms. The lowest BCUT2D eigenvalue weighted by Gasteiger charge is -2.42. The van der Waals surface area contributed by atoms with E-state index in [4.69, 9.17) is 20.8 Å². The molecule has 0 bridgehead atoms. The van der Waals surface area contributed by atoms with Crippen LogP contribution in [0.1, 0.15) is 36.0 Å². The van der Waals surface area contributed by atoms with Gasteiger partial charge in [-0.05, 0) is 54.9 Å². The second kappa shape index (κ2) is 5.51. The van der Waals surface area contributed by atoms with Gasteiger partial charge in [0, 0.05) is 12.5 Å². The standard InChI is InChI=1S/C14H17ClO3S/c15-13-11(2-5-17-13)12(16)10-1-6-18-14(9-10)3-7-19-8-4-14/h2,5,10H,1,3-4,6-9H2. The molecule has 2 aliphatic heterocycles. The SMILES string of the molecule is O=C(c1ccoc1Cl)C1CCOC2(CCSCC2)C1. The molecule has 1 spiro atoms. The normalized spacial score (nSPS) is 26.5. The summed E-state index contributed by atoms with van der Waals surface area (Å²) in [7, 11) is 0. The molecule has 1 unspecified atom stereocenters. The van der Waals surface area contributed by atoms with Crippen molar-refractivity contribution in [3.05, 3.63) is 23.1 Å². The Balaban J connectivity index is 1.74. The molecule has 1 aromatic heterocycles. The molecule has 1 atom stereocenters. The van der Waals surface area contributed by atoms with Gasteiger partial charge in [-0.25, -0.2) is 0 Å². The Morgan fingerprint density at radius 1 is 1.42 bits per heavy atom. The Hall–Kier alpha value is -0.450. The summed E-state index contributed by atoms with van der Waals surface area (Å²) in [6.07, 6.45) is 5.20. The summed E-state index contributed by atoms with van der Waals surface area (Å²) < 4.78 is 11.0. The number of ether oxygens (including phenoxy) is 1.